The van der Waals surface area contributed by atoms with Crippen molar-refractivity contribution in [3.8, 4) is 11.5 Å². The molecule has 0 saturated carbocycles. The van der Waals surface area contributed by atoms with Crippen LogP contribution in [-0.4, -0.2) is 31.7 Å². The van der Waals surface area contributed by atoms with E-state index in [1.807, 2.05) is 0 Å². The summed E-state index contributed by atoms with van der Waals surface area (Å²) >= 11 is 0. The number of benzene rings is 2. The number of esters is 1. The summed E-state index contributed by atoms with van der Waals surface area (Å²) in [5, 5.41) is 2.35. The van der Waals surface area contributed by atoms with Crippen LogP contribution >= 0.6 is 0 Å². The van der Waals surface area contributed by atoms with Gasteiger partial charge in [-0.1, -0.05) is 0 Å². The van der Waals surface area contributed by atoms with Crippen molar-refractivity contribution in [2.45, 2.75) is 20.0 Å². The molecule has 0 aliphatic heterocycles. The molecule has 0 aliphatic rings. The van der Waals surface area contributed by atoms with Gasteiger partial charge in [0.2, 0.25) is 0 Å². The first-order valence-corrected chi connectivity index (χ1v) is 8.13. The van der Waals surface area contributed by atoms with Gasteiger partial charge >= 0.3 is 5.97 Å². The maximum absolute atomic E-state index is 13.2. The Bertz CT molecular complexity index is 841. The molecule has 1 atom stereocenters. The zero-order valence-corrected chi connectivity index (χ0v) is 15.0. The SMILES string of the molecule is CCOc1cc(C(=O)O[C@@H](C)C(=O)Nc2ccc(F)c(F)c2)ccc1OC. The average Bonchev–Trinajstić information content (AvgIpc) is 2.64. The molecule has 6 nitrogen and oxygen atoms in total. The molecule has 8 heteroatoms. The van der Waals surface area contributed by atoms with Crippen LogP contribution in [0.2, 0.25) is 0 Å². The molecule has 0 saturated heterocycles. The Morgan fingerprint density at radius 2 is 1.81 bits per heavy atom. The number of amides is 1. The molecule has 2 rings (SSSR count). The molecular weight excluding hydrogens is 360 g/mol. The minimum atomic E-state index is -1.16. The van der Waals surface area contributed by atoms with E-state index in [1.54, 1.807) is 13.0 Å². The summed E-state index contributed by atoms with van der Waals surface area (Å²) in [5.74, 6) is -2.73. The van der Waals surface area contributed by atoms with Crippen molar-refractivity contribution < 1.29 is 32.6 Å². The van der Waals surface area contributed by atoms with E-state index in [4.69, 9.17) is 14.2 Å². The highest BCUT2D eigenvalue weighted by atomic mass is 19.2. The van der Waals surface area contributed by atoms with E-state index in [9.17, 15) is 18.4 Å². The number of hydrogen-bond donors (Lipinski definition) is 1. The van der Waals surface area contributed by atoms with Crippen LogP contribution in [-0.2, 0) is 9.53 Å². The first-order chi connectivity index (χ1) is 12.8. The molecule has 1 amide bonds. The fourth-order valence-electron chi connectivity index (χ4n) is 2.17. The van der Waals surface area contributed by atoms with Crippen molar-refractivity contribution in [3.05, 3.63) is 53.6 Å². The zero-order valence-electron chi connectivity index (χ0n) is 15.0. The quantitative estimate of drug-likeness (QED) is 0.745. The Balaban J connectivity index is 2.04. The molecule has 144 valence electrons. The minimum Gasteiger partial charge on any atom is -0.493 e. The number of carbonyl (C=O) groups excluding carboxylic acids is 2. The van der Waals surface area contributed by atoms with Gasteiger partial charge in [0.25, 0.3) is 5.91 Å². The van der Waals surface area contributed by atoms with Crippen LogP contribution in [0.3, 0.4) is 0 Å². The van der Waals surface area contributed by atoms with Crippen molar-refractivity contribution in [2.24, 2.45) is 0 Å². The second-order valence-electron chi connectivity index (χ2n) is 5.46. The molecule has 0 bridgehead atoms. The maximum atomic E-state index is 13.2. The molecule has 2 aromatic carbocycles. The van der Waals surface area contributed by atoms with Crippen molar-refractivity contribution >= 4 is 17.6 Å². The Morgan fingerprint density at radius 3 is 2.44 bits per heavy atom. The van der Waals surface area contributed by atoms with Crippen LogP contribution in [0.1, 0.15) is 24.2 Å². The van der Waals surface area contributed by atoms with E-state index < -0.39 is 29.6 Å². The van der Waals surface area contributed by atoms with Crippen LogP contribution in [0.15, 0.2) is 36.4 Å². The van der Waals surface area contributed by atoms with Gasteiger partial charge in [-0.3, -0.25) is 4.79 Å². The van der Waals surface area contributed by atoms with Crippen molar-refractivity contribution in [3.63, 3.8) is 0 Å². The molecule has 0 spiro atoms. The Kier molecular flexibility index (Phi) is 6.70. The summed E-state index contributed by atoms with van der Waals surface area (Å²) in [7, 11) is 1.47. The molecule has 0 aromatic heterocycles. The third-order valence-electron chi connectivity index (χ3n) is 3.54. The third-order valence-corrected chi connectivity index (χ3v) is 3.54. The van der Waals surface area contributed by atoms with E-state index in [-0.39, 0.29) is 11.3 Å². The molecule has 0 radical (unpaired) electrons. The third kappa shape index (κ3) is 5.16. The van der Waals surface area contributed by atoms with Gasteiger partial charge in [0.1, 0.15) is 0 Å². The van der Waals surface area contributed by atoms with Gasteiger partial charge in [0, 0.05) is 11.8 Å². The van der Waals surface area contributed by atoms with Crippen LogP contribution in [0.4, 0.5) is 14.5 Å². The summed E-state index contributed by atoms with van der Waals surface area (Å²) in [5.41, 5.74) is 0.219. The van der Waals surface area contributed by atoms with Crippen LogP contribution in [0.5, 0.6) is 11.5 Å². The second-order valence-corrected chi connectivity index (χ2v) is 5.46. The lowest BCUT2D eigenvalue weighted by molar-refractivity contribution is -0.123. The van der Waals surface area contributed by atoms with Crippen molar-refractivity contribution in [1.82, 2.24) is 0 Å². The van der Waals surface area contributed by atoms with Crippen LogP contribution < -0.4 is 14.8 Å². The predicted molar refractivity (Wildman–Crippen MR) is 94.0 cm³/mol. The van der Waals surface area contributed by atoms with Gasteiger partial charge in [-0.25, -0.2) is 13.6 Å². The van der Waals surface area contributed by atoms with Gasteiger partial charge in [-0.15, -0.1) is 0 Å². The highest BCUT2D eigenvalue weighted by Crippen LogP contribution is 2.28. The van der Waals surface area contributed by atoms with Crippen LogP contribution in [0, 0.1) is 11.6 Å². The summed E-state index contributed by atoms with van der Waals surface area (Å²) in [6.45, 7) is 3.52. The zero-order chi connectivity index (χ0) is 20.0. The lowest BCUT2D eigenvalue weighted by atomic mass is 10.2. The summed E-state index contributed by atoms with van der Waals surface area (Å²) < 4.78 is 41.8. The van der Waals surface area contributed by atoms with E-state index in [0.717, 1.165) is 12.1 Å². The van der Waals surface area contributed by atoms with Crippen LogP contribution in [0.25, 0.3) is 0 Å². The number of rotatable bonds is 7. The van der Waals surface area contributed by atoms with E-state index >= 15 is 0 Å². The fraction of sp³-hybridized carbons (Fsp3) is 0.263. The lowest BCUT2D eigenvalue weighted by Crippen LogP contribution is -2.30. The number of methoxy groups -OCH3 is 1. The molecule has 1 N–H and O–H groups in total. The van der Waals surface area contributed by atoms with Gasteiger partial charge in [0.05, 0.1) is 19.3 Å². The minimum absolute atomic E-state index is 0.0462. The molecule has 0 aliphatic carbocycles. The Morgan fingerprint density at radius 1 is 1.07 bits per heavy atom. The highest BCUT2D eigenvalue weighted by molar-refractivity contribution is 5.97. The predicted octanol–water partition coefficient (Wildman–Crippen LogP) is 3.56. The molecule has 0 fully saturated rings. The van der Waals surface area contributed by atoms with Gasteiger partial charge in [-0.2, -0.15) is 0 Å². The Hall–Kier alpha value is -3.16. The molecule has 2 aromatic rings. The topological polar surface area (TPSA) is 73.9 Å². The molecule has 0 unspecified atom stereocenters. The number of ether oxygens (including phenoxy) is 3. The normalized spacial score (nSPS) is 11.4. The number of anilines is 1. The van der Waals surface area contributed by atoms with Gasteiger partial charge in [0.15, 0.2) is 29.2 Å². The average molecular weight is 379 g/mol. The van der Waals surface area contributed by atoms with Crippen molar-refractivity contribution in [1.29, 1.82) is 0 Å². The number of nitrogens with one attached hydrogen (secondary N) is 1. The number of halogens is 2. The first kappa shape index (κ1) is 20.2. The van der Waals surface area contributed by atoms with Crippen molar-refractivity contribution in [2.75, 3.05) is 19.0 Å². The highest BCUT2D eigenvalue weighted by Gasteiger charge is 2.20. The van der Waals surface area contributed by atoms with Gasteiger partial charge < -0.3 is 19.5 Å². The largest absolute Gasteiger partial charge is 0.493 e. The summed E-state index contributed by atoms with van der Waals surface area (Å²) in [6.07, 6.45) is -1.16. The monoisotopic (exact) mass is 379 g/mol. The van der Waals surface area contributed by atoms with E-state index in [2.05, 4.69) is 5.32 Å². The van der Waals surface area contributed by atoms with E-state index in [1.165, 1.54) is 32.2 Å². The smallest absolute Gasteiger partial charge is 0.339 e. The Labute approximate surface area is 155 Å². The summed E-state index contributed by atoms with van der Waals surface area (Å²) in [4.78, 5) is 24.4. The van der Waals surface area contributed by atoms with E-state index in [0.29, 0.717) is 18.1 Å². The van der Waals surface area contributed by atoms with Gasteiger partial charge in [-0.05, 0) is 44.2 Å². The number of carbonyl (C=O) groups is 2. The number of hydrogen-bond acceptors (Lipinski definition) is 5. The molecular formula is C19H19F2NO5. The second kappa shape index (κ2) is 8.98. The molecule has 0 heterocycles. The summed E-state index contributed by atoms with van der Waals surface area (Å²) in [6, 6.07) is 7.39. The lowest BCUT2D eigenvalue weighted by Gasteiger charge is -2.15. The first-order valence-electron chi connectivity index (χ1n) is 8.13. The maximum Gasteiger partial charge on any atom is 0.339 e. The molecule has 27 heavy (non-hydrogen) atoms. The fourth-order valence-corrected chi connectivity index (χ4v) is 2.17. The standard InChI is InChI=1S/C19H19F2NO5/c1-4-26-17-9-12(5-8-16(17)25-3)19(24)27-11(2)18(23)22-13-6-7-14(20)15(21)10-13/h5-11H,4H2,1-3H3,(H,22,23)/t11-/m0/s1.